The lowest BCUT2D eigenvalue weighted by Crippen LogP contribution is -2.22. The number of aliphatic hydroxyl groups excluding tert-OH is 2. The van der Waals surface area contributed by atoms with Crippen molar-refractivity contribution < 1.29 is 19.3 Å². The van der Waals surface area contributed by atoms with Crippen LogP contribution in [0, 0.1) is 5.82 Å². The zero-order valence-corrected chi connectivity index (χ0v) is 12.1. The maximum atomic E-state index is 13.6. The van der Waals surface area contributed by atoms with Crippen molar-refractivity contribution >= 4 is 5.69 Å². The van der Waals surface area contributed by atoms with Gasteiger partial charge in [0.1, 0.15) is 5.75 Å². The van der Waals surface area contributed by atoms with Crippen LogP contribution in [0.2, 0.25) is 0 Å². The van der Waals surface area contributed by atoms with E-state index >= 15 is 0 Å². The van der Waals surface area contributed by atoms with Crippen molar-refractivity contribution in [3.05, 3.63) is 53.8 Å². The molecule has 2 aromatic rings. The summed E-state index contributed by atoms with van der Waals surface area (Å²) < 4.78 is 19.2. The Morgan fingerprint density at radius 2 is 2.05 bits per heavy atom. The van der Waals surface area contributed by atoms with Crippen LogP contribution in [0.5, 0.6) is 11.5 Å². The van der Waals surface area contributed by atoms with Gasteiger partial charge in [-0.15, -0.1) is 0 Å². The summed E-state index contributed by atoms with van der Waals surface area (Å²) in [5.41, 5.74) is 1.57. The Hall–Kier alpha value is -2.11. The molecule has 2 aromatic carbocycles. The standard InChI is InChI=1S/C17H18FNO3/c18-15-3-1-2-4-17(15)22-14-5-6-16(12(9-14)11-20)19-8-7-13(21)10-19/h1-6,9,13,20-21H,7-8,10-11H2/t13-/m0/s1. The minimum Gasteiger partial charge on any atom is -0.454 e. The highest BCUT2D eigenvalue weighted by molar-refractivity contribution is 5.57. The fourth-order valence-corrected chi connectivity index (χ4v) is 2.68. The first-order valence-corrected chi connectivity index (χ1v) is 7.26. The highest BCUT2D eigenvalue weighted by atomic mass is 19.1. The minimum absolute atomic E-state index is 0.142. The predicted molar refractivity (Wildman–Crippen MR) is 81.7 cm³/mol. The Morgan fingerprint density at radius 1 is 1.23 bits per heavy atom. The number of hydrogen-bond acceptors (Lipinski definition) is 4. The maximum Gasteiger partial charge on any atom is 0.165 e. The van der Waals surface area contributed by atoms with E-state index in [0.717, 1.165) is 18.7 Å². The topological polar surface area (TPSA) is 52.9 Å². The van der Waals surface area contributed by atoms with Gasteiger partial charge >= 0.3 is 0 Å². The van der Waals surface area contributed by atoms with E-state index in [1.165, 1.54) is 6.07 Å². The molecule has 0 spiro atoms. The van der Waals surface area contributed by atoms with Crippen molar-refractivity contribution in [2.45, 2.75) is 19.1 Å². The Morgan fingerprint density at radius 3 is 2.73 bits per heavy atom. The fourth-order valence-electron chi connectivity index (χ4n) is 2.68. The number of hydrogen-bond donors (Lipinski definition) is 2. The summed E-state index contributed by atoms with van der Waals surface area (Å²) in [4.78, 5) is 2.03. The van der Waals surface area contributed by atoms with Gasteiger partial charge in [-0.3, -0.25) is 0 Å². The molecule has 0 radical (unpaired) electrons. The number of ether oxygens (including phenoxy) is 1. The van der Waals surface area contributed by atoms with Gasteiger partial charge in [-0.2, -0.15) is 0 Å². The van der Waals surface area contributed by atoms with E-state index in [4.69, 9.17) is 4.74 Å². The van der Waals surface area contributed by atoms with Gasteiger partial charge in [-0.05, 0) is 36.8 Å². The van der Waals surface area contributed by atoms with Crippen molar-refractivity contribution in [1.82, 2.24) is 0 Å². The molecule has 0 saturated carbocycles. The van der Waals surface area contributed by atoms with Crippen LogP contribution < -0.4 is 9.64 Å². The molecule has 4 nitrogen and oxygen atoms in total. The van der Waals surface area contributed by atoms with Gasteiger partial charge in [-0.25, -0.2) is 4.39 Å². The summed E-state index contributed by atoms with van der Waals surface area (Å²) >= 11 is 0. The van der Waals surface area contributed by atoms with E-state index in [1.807, 2.05) is 11.0 Å². The van der Waals surface area contributed by atoms with Crippen molar-refractivity contribution in [2.24, 2.45) is 0 Å². The van der Waals surface area contributed by atoms with Gasteiger partial charge in [0.25, 0.3) is 0 Å². The van der Waals surface area contributed by atoms with Gasteiger partial charge in [0, 0.05) is 24.3 Å². The van der Waals surface area contributed by atoms with Crippen LogP contribution >= 0.6 is 0 Å². The zero-order chi connectivity index (χ0) is 15.5. The van der Waals surface area contributed by atoms with Crippen LogP contribution in [0.25, 0.3) is 0 Å². The molecule has 0 unspecified atom stereocenters. The van der Waals surface area contributed by atoms with Crippen LogP contribution in [0.15, 0.2) is 42.5 Å². The van der Waals surface area contributed by atoms with E-state index in [-0.39, 0.29) is 18.5 Å². The van der Waals surface area contributed by atoms with Crippen LogP contribution in [0.1, 0.15) is 12.0 Å². The summed E-state index contributed by atoms with van der Waals surface area (Å²) in [7, 11) is 0. The normalized spacial score (nSPS) is 17.8. The number of β-amino-alcohol motifs (C(OH)–C–C–N with tert-alkyl or cyclic N) is 1. The lowest BCUT2D eigenvalue weighted by Gasteiger charge is -2.21. The SMILES string of the molecule is OCc1cc(Oc2ccccc2F)ccc1N1CC[C@H](O)C1. The first kappa shape index (κ1) is 14.8. The molecule has 1 heterocycles. The average Bonchev–Trinajstić information content (AvgIpc) is 2.96. The quantitative estimate of drug-likeness (QED) is 0.912. The van der Waals surface area contributed by atoms with Gasteiger partial charge < -0.3 is 19.8 Å². The summed E-state index contributed by atoms with van der Waals surface area (Å²) in [5, 5.41) is 19.2. The highest BCUT2D eigenvalue weighted by Gasteiger charge is 2.22. The number of nitrogens with zero attached hydrogens (tertiary/aromatic N) is 1. The molecule has 5 heteroatoms. The smallest absolute Gasteiger partial charge is 0.165 e. The first-order chi connectivity index (χ1) is 10.7. The van der Waals surface area contributed by atoms with Crippen molar-refractivity contribution in [3.8, 4) is 11.5 Å². The van der Waals surface area contributed by atoms with E-state index < -0.39 is 5.82 Å². The third-order valence-electron chi connectivity index (χ3n) is 3.79. The Kier molecular flexibility index (Phi) is 4.27. The number of benzene rings is 2. The van der Waals surface area contributed by atoms with E-state index in [1.54, 1.807) is 30.3 Å². The van der Waals surface area contributed by atoms with Crippen LogP contribution in [0.4, 0.5) is 10.1 Å². The Bertz CT molecular complexity index is 662. The Labute approximate surface area is 128 Å². The Balaban J connectivity index is 1.84. The molecule has 1 aliphatic heterocycles. The second-order valence-electron chi connectivity index (χ2n) is 5.37. The van der Waals surface area contributed by atoms with Gasteiger partial charge in [0.15, 0.2) is 11.6 Å². The predicted octanol–water partition coefficient (Wildman–Crippen LogP) is 2.68. The number of halogens is 1. The van der Waals surface area contributed by atoms with E-state index in [0.29, 0.717) is 17.9 Å². The molecule has 1 aliphatic rings. The molecule has 0 aliphatic carbocycles. The van der Waals surface area contributed by atoms with Crippen LogP contribution in [0.3, 0.4) is 0 Å². The molecule has 1 fully saturated rings. The molecule has 0 bridgehead atoms. The molecular weight excluding hydrogens is 285 g/mol. The molecular formula is C17H18FNO3. The summed E-state index contributed by atoms with van der Waals surface area (Å²) in [5.74, 6) is 0.188. The van der Waals surface area contributed by atoms with Crippen LogP contribution in [-0.2, 0) is 6.61 Å². The number of para-hydroxylation sites is 1. The van der Waals surface area contributed by atoms with Gasteiger partial charge in [0.05, 0.1) is 12.7 Å². The zero-order valence-electron chi connectivity index (χ0n) is 12.1. The minimum atomic E-state index is -0.431. The summed E-state index contributed by atoms with van der Waals surface area (Å²) in [6, 6.07) is 11.5. The third kappa shape index (κ3) is 3.05. The lowest BCUT2D eigenvalue weighted by molar-refractivity contribution is 0.198. The van der Waals surface area contributed by atoms with Gasteiger partial charge in [0.2, 0.25) is 0 Å². The van der Waals surface area contributed by atoms with Crippen molar-refractivity contribution in [2.75, 3.05) is 18.0 Å². The molecule has 1 atom stereocenters. The third-order valence-corrected chi connectivity index (χ3v) is 3.79. The molecule has 0 amide bonds. The fraction of sp³-hybridized carbons (Fsp3) is 0.294. The van der Waals surface area contributed by atoms with E-state index in [9.17, 15) is 14.6 Å². The highest BCUT2D eigenvalue weighted by Crippen LogP contribution is 2.31. The van der Waals surface area contributed by atoms with Gasteiger partial charge in [-0.1, -0.05) is 12.1 Å². The average molecular weight is 303 g/mol. The number of aliphatic hydroxyl groups is 2. The number of rotatable bonds is 4. The first-order valence-electron chi connectivity index (χ1n) is 7.26. The maximum absolute atomic E-state index is 13.6. The van der Waals surface area contributed by atoms with Crippen molar-refractivity contribution in [3.63, 3.8) is 0 Å². The van der Waals surface area contributed by atoms with E-state index in [2.05, 4.69) is 0 Å². The second kappa shape index (κ2) is 6.34. The largest absolute Gasteiger partial charge is 0.454 e. The monoisotopic (exact) mass is 303 g/mol. The molecule has 0 aromatic heterocycles. The van der Waals surface area contributed by atoms with Crippen LogP contribution in [-0.4, -0.2) is 29.4 Å². The second-order valence-corrected chi connectivity index (χ2v) is 5.37. The van der Waals surface area contributed by atoms with Crippen molar-refractivity contribution in [1.29, 1.82) is 0 Å². The molecule has 3 rings (SSSR count). The molecule has 1 saturated heterocycles. The molecule has 116 valence electrons. The molecule has 22 heavy (non-hydrogen) atoms. The summed E-state index contributed by atoms with van der Waals surface area (Å²) in [6.07, 6.45) is 0.388. The molecule has 2 N–H and O–H groups in total. The lowest BCUT2D eigenvalue weighted by atomic mass is 10.1. The summed E-state index contributed by atoms with van der Waals surface area (Å²) in [6.45, 7) is 1.17. The number of anilines is 1.